The number of hydrogen-bond donors (Lipinski definition) is 2. The molecule has 1 aromatic rings. The smallest absolute Gasteiger partial charge is 0.133 e. The fourth-order valence-corrected chi connectivity index (χ4v) is 2.21. The van der Waals surface area contributed by atoms with Crippen molar-refractivity contribution in [3.63, 3.8) is 0 Å². The normalized spacial score (nSPS) is 18.3. The van der Waals surface area contributed by atoms with E-state index in [1.165, 1.54) is 24.1 Å². The van der Waals surface area contributed by atoms with E-state index in [2.05, 4.69) is 29.1 Å². The Morgan fingerprint density at radius 3 is 2.82 bits per heavy atom. The molecular formula is C13H22N4. The Balaban J connectivity index is 2.15. The van der Waals surface area contributed by atoms with Crippen molar-refractivity contribution in [3.05, 3.63) is 17.6 Å². The number of nitrogens with one attached hydrogen (secondary N) is 1. The lowest BCUT2D eigenvalue weighted by Gasteiger charge is -2.24. The molecule has 4 nitrogen and oxygen atoms in total. The molecule has 0 bridgehead atoms. The Labute approximate surface area is 103 Å². The lowest BCUT2D eigenvalue weighted by molar-refractivity contribution is 0.518. The van der Waals surface area contributed by atoms with Crippen molar-refractivity contribution in [1.82, 2.24) is 9.97 Å². The second kappa shape index (κ2) is 5.45. The summed E-state index contributed by atoms with van der Waals surface area (Å²) in [7, 11) is 0. The van der Waals surface area contributed by atoms with E-state index >= 15 is 0 Å². The van der Waals surface area contributed by atoms with Gasteiger partial charge in [0.2, 0.25) is 0 Å². The number of aryl methyl sites for hydroxylation is 1. The van der Waals surface area contributed by atoms with Crippen molar-refractivity contribution >= 4 is 5.82 Å². The third kappa shape index (κ3) is 2.75. The Bertz CT molecular complexity index is 378. The highest BCUT2D eigenvalue weighted by atomic mass is 15.0. The van der Waals surface area contributed by atoms with Gasteiger partial charge in [0.1, 0.15) is 12.1 Å². The molecule has 0 saturated carbocycles. The van der Waals surface area contributed by atoms with Gasteiger partial charge in [-0.15, -0.1) is 0 Å². The molecule has 1 aromatic heterocycles. The number of fused-ring (bicyclic) bond motifs is 1. The summed E-state index contributed by atoms with van der Waals surface area (Å²) >= 11 is 0. The average molecular weight is 234 g/mol. The van der Waals surface area contributed by atoms with Gasteiger partial charge < -0.3 is 11.1 Å². The molecule has 1 aliphatic carbocycles. The minimum atomic E-state index is 0.348. The maximum atomic E-state index is 5.69. The van der Waals surface area contributed by atoms with E-state index in [0.717, 1.165) is 18.7 Å². The van der Waals surface area contributed by atoms with Crippen molar-refractivity contribution in [3.8, 4) is 0 Å². The van der Waals surface area contributed by atoms with Crippen LogP contribution in [0.1, 0.15) is 37.9 Å². The SMILES string of the molecule is CC(CN)C(C)Nc1ncnc2c1CCCC2. The predicted molar refractivity (Wildman–Crippen MR) is 70.0 cm³/mol. The molecule has 0 radical (unpaired) electrons. The molecule has 0 saturated heterocycles. The Morgan fingerprint density at radius 2 is 2.06 bits per heavy atom. The maximum absolute atomic E-state index is 5.69. The summed E-state index contributed by atoms with van der Waals surface area (Å²) in [6.07, 6.45) is 6.36. The van der Waals surface area contributed by atoms with E-state index in [9.17, 15) is 0 Å². The van der Waals surface area contributed by atoms with Crippen LogP contribution in [0.4, 0.5) is 5.82 Å². The molecular weight excluding hydrogens is 212 g/mol. The Morgan fingerprint density at radius 1 is 1.29 bits per heavy atom. The quantitative estimate of drug-likeness (QED) is 0.833. The van der Waals surface area contributed by atoms with Crippen LogP contribution in [0.15, 0.2) is 6.33 Å². The zero-order chi connectivity index (χ0) is 12.3. The van der Waals surface area contributed by atoms with Gasteiger partial charge >= 0.3 is 0 Å². The van der Waals surface area contributed by atoms with Crippen molar-refractivity contribution < 1.29 is 0 Å². The molecule has 3 N–H and O–H groups in total. The van der Waals surface area contributed by atoms with Gasteiger partial charge in [-0.3, -0.25) is 0 Å². The van der Waals surface area contributed by atoms with Gasteiger partial charge in [-0.25, -0.2) is 9.97 Å². The summed E-state index contributed by atoms with van der Waals surface area (Å²) in [4.78, 5) is 8.76. The van der Waals surface area contributed by atoms with E-state index in [1.54, 1.807) is 6.33 Å². The molecule has 17 heavy (non-hydrogen) atoms. The summed E-state index contributed by atoms with van der Waals surface area (Å²) in [6, 6.07) is 0.348. The van der Waals surface area contributed by atoms with Gasteiger partial charge in [-0.2, -0.15) is 0 Å². The summed E-state index contributed by atoms with van der Waals surface area (Å²) in [5, 5.41) is 3.49. The fraction of sp³-hybridized carbons (Fsp3) is 0.692. The van der Waals surface area contributed by atoms with Crippen molar-refractivity contribution in [2.75, 3.05) is 11.9 Å². The third-order valence-corrected chi connectivity index (χ3v) is 3.71. The number of nitrogens with zero attached hydrogens (tertiary/aromatic N) is 2. The van der Waals surface area contributed by atoms with Crippen LogP contribution < -0.4 is 11.1 Å². The second-order valence-corrected chi connectivity index (χ2v) is 5.00. The van der Waals surface area contributed by atoms with Crippen LogP contribution in [0.25, 0.3) is 0 Å². The van der Waals surface area contributed by atoms with E-state index < -0.39 is 0 Å². The summed E-state index contributed by atoms with van der Waals surface area (Å²) in [5.41, 5.74) is 8.23. The van der Waals surface area contributed by atoms with Crippen LogP contribution in [0.3, 0.4) is 0 Å². The highest BCUT2D eigenvalue weighted by Crippen LogP contribution is 2.25. The van der Waals surface area contributed by atoms with E-state index in [0.29, 0.717) is 18.5 Å². The molecule has 0 amide bonds. The Hall–Kier alpha value is -1.16. The first-order chi connectivity index (χ1) is 8.22. The fourth-order valence-electron chi connectivity index (χ4n) is 2.21. The molecule has 0 aliphatic heterocycles. The van der Waals surface area contributed by atoms with Crippen LogP contribution in [-0.2, 0) is 12.8 Å². The lowest BCUT2D eigenvalue weighted by Crippen LogP contribution is -2.30. The first-order valence-corrected chi connectivity index (χ1v) is 6.51. The minimum absolute atomic E-state index is 0.348. The van der Waals surface area contributed by atoms with Crippen LogP contribution in [0.2, 0.25) is 0 Å². The summed E-state index contributed by atoms with van der Waals surface area (Å²) in [6.45, 7) is 5.02. The van der Waals surface area contributed by atoms with Gasteiger partial charge in [0, 0.05) is 17.3 Å². The average Bonchev–Trinajstić information content (AvgIpc) is 2.38. The van der Waals surface area contributed by atoms with Gasteiger partial charge in [-0.1, -0.05) is 6.92 Å². The number of anilines is 1. The number of nitrogens with two attached hydrogens (primary N) is 1. The lowest BCUT2D eigenvalue weighted by atomic mass is 9.96. The summed E-state index contributed by atoms with van der Waals surface area (Å²) < 4.78 is 0. The van der Waals surface area contributed by atoms with E-state index in [-0.39, 0.29) is 0 Å². The summed E-state index contributed by atoms with van der Waals surface area (Å²) in [5.74, 6) is 1.46. The standard InChI is InChI=1S/C13H22N4/c1-9(7-14)10(2)17-13-11-5-3-4-6-12(11)15-8-16-13/h8-10H,3-7,14H2,1-2H3,(H,15,16,17). The molecule has 4 heteroatoms. The van der Waals surface area contributed by atoms with Crippen LogP contribution >= 0.6 is 0 Å². The number of aromatic nitrogens is 2. The first kappa shape index (κ1) is 12.3. The molecule has 2 atom stereocenters. The van der Waals surface area contributed by atoms with Crippen molar-refractivity contribution in [1.29, 1.82) is 0 Å². The van der Waals surface area contributed by atoms with E-state index in [4.69, 9.17) is 5.73 Å². The molecule has 0 spiro atoms. The van der Waals surface area contributed by atoms with Crippen LogP contribution in [0, 0.1) is 5.92 Å². The largest absolute Gasteiger partial charge is 0.367 e. The predicted octanol–water partition coefficient (Wildman–Crippen LogP) is 1.75. The highest BCUT2D eigenvalue weighted by Gasteiger charge is 2.18. The van der Waals surface area contributed by atoms with Crippen LogP contribution in [-0.4, -0.2) is 22.6 Å². The topological polar surface area (TPSA) is 63.8 Å². The van der Waals surface area contributed by atoms with Gasteiger partial charge in [0.05, 0.1) is 0 Å². The maximum Gasteiger partial charge on any atom is 0.133 e. The third-order valence-electron chi connectivity index (χ3n) is 3.71. The molecule has 2 rings (SSSR count). The number of hydrogen-bond acceptors (Lipinski definition) is 4. The molecule has 0 fully saturated rings. The molecule has 1 heterocycles. The van der Waals surface area contributed by atoms with Crippen molar-refractivity contribution in [2.45, 2.75) is 45.6 Å². The molecule has 1 aliphatic rings. The molecule has 2 unspecified atom stereocenters. The highest BCUT2D eigenvalue weighted by molar-refractivity contribution is 5.47. The van der Waals surface area contributed by atoms with Gasteiger partial charge in [0.15, 0.2) is 0 Å². The zero-order valence-corrected chi connectivity index (χ0v) is 10.7. The first-order valence-electron chi connectivity index (χ1n) is 6.51. The monoisotopic (exact) mass is 234 g/mol. The Kier molecular flexibility index (Phi) is 3.94. The zero-order valence-electron chi connectivity index (χ0n) is 10.7. The van der Waals surface area contributed by atoms with E-state index in [1.807, 2.05) is 0 Å². The second-order valence-electron chi connectivity index (χ2n) is 5.00. The molecule has 94 valence electrons. The minimum Gasteiger partial charge on any atom is -0.367 e. The van der Waals surface area contributed by atoms with Gasteiger partial charge in [-0.05, 0) is 45.1 Å². The molecule has 0 aromatic carbocycles. The van der Waals surface area contributed by atoms with Gasteiger partial charge in [0.25, 0.3) is 0 Å². The van der Waals surface area contributed by atoms with Crippen LogP contribution in [0.5, 0.6) is 0 Å². The van der Waals surface area contributed by atoms with Crippen molar-refractivity contribution in [2.24, 2.45) is 11.7 Å². The number of rotatable bonds is 4.